The molecule has 0 aromatic heterocycles. The van der Waals surface area contributed by atoms with Crippen LogP contribution >= 0.6 is 15.9 Å². The van der Waals surface area contributed by atoms with Gasteiger partial charge in [-0.15, -0.1) is 0 Å². The average molecular weight is 377 g/mol. The first-order valence-corrected chi connectivity index (χ1v) is 9.13. The van der Waals surface area contributed by atoms with Crippen LogP contribution in [-0.4, -0.2) is 24.2 Å². The van der Waals surface area contributed by atoms with Crippen LogP contribution in [0.15, 0.2) is 23.1 Å². The molecule has 2 rings (SSSR count). The number of hydrogen-bond donors (Lipinski definition) is 1. The molecule has 0 aliphatic heterocycles. The Morgan fingerprint density at radius 1 is 1.33 bits per heavy atom. The fraction of sp³-hybridized carbons (Fsp3) is 0.538. The first-order chi connectivity index (χ1) is 9.83. The highest BCUT2D eigenvalue weighted by Gasteiger charge is 2.30. The van der Waals surface area contributed by atoms with E-state index in [4.69, 9.17) is 0 Å². The molecule has 1 aromatic rings. The van der Waals surface area contributed by atoms with E-state index < -0.39 is 14.9 Å². The maximum absolute atomic E-state index is 12.5. The summed E-state index contributed by atoms with van der Waals surface area (Å²) in [6.45, 7) is 1.46. The molecule has 0 amide bonds. The third-order valence-electron chi connectivity index (χ3n) is 3.73. The molecule has 2 atom stereocenters. The Balaban J connectivity index is 2.31. The molecule has 1 aliphatic rings. The number of sulfonamides is 1. The van der Waals surface area contributed by atoms with E-state index in [1.165, 1.54) is 25.1 Å². The molecular weight excluding hydrogens is 360 g/mol. The highest BCUT2D eigenvalue weighted by Crippen LogP contribution is 2.28. The largest absolute Gasteiger partial charge is 0.273 e. The van der Waals surface area contributed by atoms with Crippen molar-refractivity contribution in [1.82, 2.24) is 4.72 Å². The number of halogens is 1. The van der Waals surface area contributed by atoms with E-state index in [1.807, 2.05) is 0 Å². The summed E-state index contributed by atoms with van der Waals surface area (Å²) in [4.78, 5) is 10.4. The average Bonchev–Trinajstić information content (AvgIpc) is 2.41. The van der Waals surface area contributed by atoms with E-state index in [1.54, 1.807) is 0 Å². The lowest BCUT2D eigenvalue weighted by Crippen LogP contribution is -2.42. The van der Waals surface area contributed by atoms with Crippen LogP contribution in [-0.2, 0) is 10.0 Å². The molecule has 1 fully saturated rings. The summed E-state index contributed by atoms with van der Waals surface area (Å²) in [6, 6.07) is 3.92. The zero-order chi connectivity index (χ0) is 15.6. The second-order valence-corrected chi connectivity index (χ2v) is 8.04. The van der Waals surface area contributed by atoms with E-state index in [-0.39, 0.29) is 27.0 Å². The topological polar surface area (TPSA) is 89.3 Å². The lowest BCUT2D eigenvalue weighted by Gasteiger charge is -2.28. The van der Waals surface area contributed by atoms with Crippen molar-refractivity contribution in [2.75, 3.05) is 0 Å². The van der Waals surface area contributed by atoms with E-state index in [0.717, 1.165) is 25.7 Å². The van der Waals surface area contributed by atoms with Crippen molar-refractivity contribution < 1.29 is 13.3 Å². The first kappa shape index (κ1) is 16.4. The second kappa shape index (κ2) is 6.41. The lowest BCUT2D eigenvalue weighted by atomic mass is 9.96. The van der Waals surface area contributed by atoms with Crippen molar-refractivity contribution in [3.05, 3.63) is 33.9 Å². The second-order valence-electron chi connectivity index (χ2n) is 5.19. The molecule has 0 saturated heterocycles. The van der Waals surface area contributed by atoms with Gasteiger partial charge in [-0.2, -0.15) is 0 Å². The molecule has 0 heterocycles. The predicted octanol–water partition coefficient (Wildman–Crippen LogP) is 2.89. The van der Waals surface area contributed by atoms with Crippen LogP contribution in [0, 0.1) is 17.0 Å². The molecule has 0 bridgehead atoms. The van der Waals surface area contributed by atoms with Gasteiger partial charge in [-0.25, -0.2) is 13.1 Å². The maximum atomic E-state index is 12.5. The summed E-state index contributed by atoms with van der Waals surface area (Å²) in [5.74, 6) is 0. The fourth-order valence-electron chi connectivity index (χ4n) is 2.57. The molecule has 1 N–H and O–H groups in total. The minimum absolute atomic E-state index is 0.0260. The summed E-state index contributed by atoms with van der Waals surface area (Å²) in [6.07, 6.45) is 3.73. The van der Waals surface area contributed by atoms with Gasteiger partial charge in [0, 0.05) is 22.5 Å². The van der Waals surface area contributed by atoms with Gasteiger partial charge >= 0.3 is 0 Å². The Morgan fingerprint density at radius 2 is 2.00 bits per heavy atom. The van der Waals surface area contributed by atoms with Crippen molar-refractivity contribution in [2.45, 2.75) is 48.4 Å². The van der Waals surface area contributed by atoms with Gasteiger partial charge in [-0.05, 0) is 25.8 Å². The molecule has 0 spiro atoms. The predicted molar refractivity (Wildman–Crippen MR) is 83.1 cm³/mol. The summed E-state index contributed by atoms with van der Waals surface area (Å²) in [7, 11) is -3.76. The molecule has 116 valence electrons. The first-order valence-electron chi connectivity index (χ1n) is 6.73. The zero-order valence-electron chi connectivity index (χ0n) is 11.6. The van der Waals surface area contributed by atoms with Crippen molar-refractivity contribution >= 4 is 31.6 Å². The maximum Gasteiger partial charge on any atom is 0.273 e. The SMILES string of the molecule is Cc1c([N+](=O)[O-])cccc1S(=O)(=O)NC1CCCCC1Br. The fourth-order valence-corrected chi connectivity index (χ4v) is 5.04. The van der Waals surface area contributed by atoms with Crippen LogP contribution in [0.25, 0.3) is 0 Å². The normalized spacial score (nSPS) is 23.0. The van der Waals surface area contributed by atoms with Crippen LogP contribution in [0.5, 0.6) is 0 Å². The van der Waals surface area contributed by atoms with Gasteiger partial charge in [0.25, 0.3) is 5.69 Å². The van der Waals surface area contributed by atoms with Crippen molar-refractivity contribution in [1.29, 1.82) is 0 Å². The molecule has 1 aromatic carbocycles. The van der Waals surface area contributed by atoms with Gasteiger partial charge in [-0.3, -0.25) is 10.1 Å². The Kier molecular flexibility index (Phi) is 5.00. The lowest BCUT2D eigenvalue weighted by molar-refractivity contribution is -0.385. The minimum atomic E-state index is -3.76. The Bertz CT molecular complexity index is 648. The van der Waals surface area contributed by atoms with E-state index >= 15 is 0 Å². The van der Waals surface area contributed by atoms with Crippen LogP contribution in [0.3, 0.4) is 0 Å². The number of nitro groups is 1. The van der Waals surface area contributed by atoms with Gasteiger partial charge in [0.2, 0.25) is 10.0 Å². The summed E-state index contributed by atoms with van der Waals surface area (Å²) < 4.78 is 27.6. The van der Waals surface area contributed by atoms with E-state index in [9.17, 15) is 18.5 Å². The summed E-state index contributed by atoms with van der Waals surface area (Å²) >= 11 is 3.50. The number of benzene rings is 1. The molecular formula is C13H17BrN2O4S. The van der Waals surface area contributed by atoms with E-state index in [0.29, 0.717) is 0 Å². The number of alkyl halides is 1. The molecule has 6 nitrogen and oxygen atoms in total. The zero-order valence-corrected chi connectivity index (χ0v) is 14.0. The van der Waals surface area contributed by atoms with Gasteiger partial charge in [-0.1, -0.05) is 34.8 Å². The van der Waals surface area contributed by atoms with E-state index in [2.05, 4.69) is 20.7 Å². The van der Waals surface area contributed by atoms with Crippen molar-refractivity contribution in [2.24, 2.45) is 0 Å². The number of nitrogens with zero attached hydrogens (tertiary/aromatic N) is 1. The molecule has 1 aliphatic carbocycles. The molecule has 0 radical (unpaired) electrons. The Labute approximate surface area is 132 Å². The third-order valence-corrected chi connectivity index (χ3v) is 6.46. The third kappa shape index (κ3) is 3.61. The van der Waals surface area contributed by atoms with Gasteiger partial charge in [0.05, 0.1) is 9.82 Å². The summed E-state index contributed by atoms with van der Waals surface area (Å²) in [5.41, 5.74) is -0.0196. The van der Waals surface area contributed by atoms with Gasteiger partial charge < -0.3 is 0 Å². The summed E-state index contributed by atoms with van der Waals surface area (Å²) in [5, 5.41) is 10.9. The minimum Gasteiger partial charge on any atom is -0.258 e. The van der Waals surface area contributed by atoms with Crippen LogP contribution in [0.2, 0.25) is 0 Å². The number of nitro benzene ring substituents is 1. The number of rotatable bonds is 4. The molecule has 8 heteroatoms. The molecule has 21 heavy (non-hydrogen) atoms. The Hall–Kier alpha value is -0.990. The van der Waals surface area contributed by atoms with Crippen LogP contribution < -0.4 is 4.72 Å². The van der Waals surface area contributed by atoms with Crippen molar-refractivity contribution in [3.8, 4) is 0 Å². The standard InChI is InChI=1S/C13H17BrN2O4S/c1-9-12(16(17)18)7-4-8-13(9)21(19,20)15-11-6-3-2-5-10(11)14/h4,7-8,10-11,15H,2-3,5-6H2,1H3. The quantitative estimate of drug-likeness (QED) is 0.496. The van der Waals surface area contributed by atoms with Gasteiger partial charge in [0.15, 0.2) is 0 Å². The Morgan fingerprint density at radius 3 is 2.62 bits per heavy atom. The molecule has 1 saturated carbocycles. The van der Waals surface area contributed by atoms with Crippen molar-refractivity contribution in [3.63, 3.8) is 0 Å². The molecule has 2 unspecified atom stereocenters. The van der Waals surface area contributed by atoms with Crippen LogP contribution in [0.1, 0.15) is 31.2 Å². The number of nitrogens with one attached hydrogen (secondary N) is 1. The smallest absolute Gasteiger partial charge is 0.258 e. The highest BCUT2D eigenvalue weighted by molar-refractivity contribution is 9.09. The van der Waals surface area contributed by atoms with Crippen LogP contribution in [0.4, 0.5) is 5.69 Å². The number of hydrogen-bond acceptors (Lipinski definition) is 4. The van der Waals surface area contributed by atoms with Gasteiger partial charge in [0.1, 0.15) is 0 Å². The monoisotopic (exact) mass is 376 g/mol. The highest BCUT2D eigenvalue weighted by atomic mass is 79.9.